The predicted molar refractivity (Wildman–Crippen MR) is 127 cm³/mol. The maximum Gasteiger partial charge on any atom is 0.210 e. The highest BCUT2D eigenvalue weighted by molar-refractivity contribution is 14.1. The minimum atomic E-state index is -0.396. The number of phenols is 2. The first-order valence-electron chi connectivity index (χ1n) is 9.12. The van der Waals surface area contributed by atoms with Gasteiger partial charge in [0, 0.05) is 29.2 Å². The Labute approximate surface area is 197 Å². The molecular formula is C21H20Cl2INO5. The molecule has 2 atom stereocenters. The summed E-state index contributed by atoms with van der Waals surface area (Å²) in [5.74, 6) is -0.476. The van der Waals surface area contributed by atoms with Gasteiger partial charge in [0.1, 0.15) is 26.0 Å². The summed E-state index contributed by atoms with van der Waals surface area (Å²) in [6.45, 7) is 0.624. The number of rotatable bonds is 3. The van der Waals surface area contributed by atoms with E-state index in [0.717, 1.165) is 6.54 Å². The lowest BCUT2D eigenvalue weighted by Gasteiger charge is -2.24. The van der Waals surface area contributed by atoms with Crippen LogP contribution < -0.4 is 5.43 Å². The number of benzene rings is 2. The molecule has 0 saturated carbocycles. The topological polar surface area (TPSA) is 94.1 Å². The van der Waals surface area contributed by atoms with E-state index in [-0.39, 0.29) is 62.8 Å². The fourth-order valence-corrected chi connectivity index (χ4v) is 5.01. The second-order valence-corrected chi connectivity index (χ2v) is 8.70. The lowest BCUT2D eigenvalue weighted by Crippen LogP contribution is -2.32. The van der Waals surface area contributed by atoms with Gasteiger partial charge in [-0.05, 0) is 54.7 Å². The molecule has 4 rings (SSSR count). The van der Waals surface area contributed by atoms with E-state index in [1.807, 2.05) is 34.5 Å². The molecule has 1 fully saturated rings. The minimum Gasteiger partial charge on any atom is -0.507 e. The van der Waals surface area contributed by atoms with Crippen molar-refractivity contribution in [1.29, 1.82) is 0 Å². The van der Waals surface area contributed by atoms with E-state index in [1.54, 1.807) is 24.3 Å². The zero-order valence-corrected chi connectivity index (χ0v) is 19.7. The summed E-state index contributed by atoms with van der Waals surface area (Å²) in [7, 11) is 1.90. The van der Waals surface area contributed by atoms with Crippen molar-refractivity contribution in [3.05, 3.63) is 54.7 Å². The van der Waals surface area contributed by atoms with Crippen molar-refractivity contribution in [3.63, 3.8) is 0 Å². The third-order valence-electron chi connectivity index (χ3n) is 5.61. The first kappa shape index (κ1) is 23.1. The van der Waals surface area contributed by atoms with Gasteiger partial charge in [-0.2, -0.15) is 0 Å². The van der Waals surface area contributed by atoms with Crippen molar-refractivity contribution >= 4 is 57.6 Å². The first-order chi connectivity index (χ1) is 13.8. The standard InChI is InChI=1S/C21H19ClINO5.ClH/c1-24-7-6-11(13(24)9-25)16-14(26)8-15(27)17-19(28)18(23)20(29-21(16)17)10-4-2-3-5-12(10)22;/h2-5,8,11,13,25-27H,6-7,9H2,1H3;1H. The number of nitrogens with zero attached hydrogens (tertiary/aromatic N) is 1. The first-order valence-corrected chi connectivity index (χ1v) is 10.6. The fraction of sp³-hybridized carbons (Fsp3) is 0.286. The number of aromatic hydroxyl groups is 2. The highest BCUT2D eigenvalue weighted by Gasteiger charge is 2.37. The third kappa shape index (κ3) is 3.67. The molecular weight excluding hydrogens is 544 g/mol. The van der Waals surface area contributed by atoms with Crippen molar-refractivity contribution in [3.8, 4) is 22.8 Å². The van der Waals surface area contributed by atoms with Crippen molar-refractivity contribution in [2.24, 2.45) is 0 Å². The van der Waals surface area contributed by atoms with Gasteiger partial charge in [-0.25, -0.2) is 0 Å². The van der Waals surface area contributed by atoms with Crippen LogP contribution in [0.1, 0.15) is 17.9 Å². The summed E-state index contributed by atoms with van der Waals surface area (Å²) in [5, 5.41) is 31.4. The second kappa shape index (κ2) is 8.92. The van der Waals surface area contributed by atoms with Crippen LogP contribution in [0.15, 0.2) is 39.5 Å². The van der Waals surface area contributed by atoms with Crippen LogP contribution in [-0.4, -0.2) is 46.5 Å². The summed E-state index contributed by atoms with van der Waals surface area (Å²) < 4.78 is 6.45. The molecule has 1 aliphatic heterocycles. The van der Waals surface area contributed by atoms with Crippen LogP contribution in [0.25, 0.3) is 22.3 Å². The van der Waals surface area contributed by atoms with Crippen molar-refractivity contribution in [1.82, 2.24) is 4.90 Å². The summed E-state index contributed by atoms with van der Waals surface area (Å²) in [4.78, 5) is 15.1. The molecule has 0 spiro atoms. The number of hydrogen-bond donors (Lipinski definition) is 3. The van der Waals surface area contributed by atoms with Gasteiger partial charge in [-0.15, -0.1) is 12.4 Å². The molecule has 30 heavy (non-hydrogen) atoms. The van der Waals surface area contributed by atoms with Gasteiger partial charge in [0.25, 0.3) is 0 Å². The Bertz CT molecular complexity index is 1170. The lowest BCUT2D eigenvalue weighted by atomic mass is 9.89. The summed E-state index contributed by atoms with van der Waals surface area (Å²) in [6, 6.07) is 7.95. The van der Waals surface area contributed by atoms with Gasteiger partial charge in [0.15, 0.2) is 5.76 Å². The summed E-state index contributed by atoms with van der Waals surface area (Å²) in [5.41, 5.74) is 0.700. The maximum absolute atomic E-state index is 13.1. The quantitative estimate of drug-likeness (QED) is 0.411. The molecule has 0 aliphatic carbocycles. The molecule has 0 radical (unpaired) electrons. The van der Waals surface area contributed by atoms with Crippen LogP contribution in [0, 0.1) is 3.57 Å². The Kier molecular flexibility index (Phi) is 6.88. The van der Waals surface area contributed by atoms with Crippen LogP contribution in [0.2, 0.25) is 5.02 Å². The van der Waals surface area contributed by atoms with Gasteiger partial charge >= 0.3 is 0 Å². The van der Waals surface area contributed by atoms with Crippen LogP contribution in [0.4, 0.5) is 0 Å². The van der Waals surface area contributed by atoms with Crippen LogP contribution >= 0.6 is 46.6 Å². The van der Waals surface area contributed by atoms with Crippen molar-refractivity contribution in [2.75, 3.05) is 20.2 Å². The van der Waals surface area contributed by atoms with Gasteiger partial charge in [0.05, 0.1) is 11.6 Å². The minimum absolute atomic E-state index is 0. The number of aliphatic hydroxyl groups is 1. The van der Waals surface area contributed by atoms with E-state index in [0.29, 0.717) is 22.6 Å². The number of halogens is 3. The normalized spacial score (nSPS) is 19.2. The monoisotopic (exact) mass is 563 g/mol. The van der Waals surface area contributed by atoms with E-state index in [2.05, 4.69) is 0 Å². The number of aliphatic hydroxyl groups excluding tert-OH is 1. The lowest BCUT2D eigenvalue weighted by molar-refractivity contribution is 0.172. The second-order valence-electron chi connectivity index (χ2n) is 7.21. The summed E-state index contributed by atoms with van der Waals surface area (Å²) >= 11 is 8.21. The largest absolute Gasteiger partial charge is 0.507 e. The number of likely N-dealkylation sites (N-methyl/N-ethyl adjacent to an activating group) is 1. The highest BCUT2D eigenvalue weighted by atomic mass is 127. The van der Waals surface area contributed by atoms with E-state index in [4.69, 9.17) is 16.0 Å². The van der Waals surface area contributed by atoms with E-state index >= 15 is 0 Å². The van der Waals surface area contributed by atoms with Crippen molar-refractivity contribution < 1.29 is 19.7 Å². The van der Waals surface area contributed by atoms with Gasteiger partial charge < -0.3 is 24.6 Å². The number of hydrogen-bond acceptors (Lipinski definition) is 6. The van der Waals surface area contributed by atoms with Crippen LogP contribution in [0.3, 0.4) is 0 Å². The molecule has 0 bridgehead atoms. The molecule has 1 aliphatic rings. The van der Waals surface area contributed by atoms with Crippen molar-refractivity contribution in [2.45, 2.75) is 18.4 Å². The SMILES string of the molecule is CN1CCC(c2c(O)cc(O)c3c(=O)c(I)c(-c4ccccc4Cl)oc23)C1CO.Cl. The zero-order chi connectivity index (χ0) is 20.9. The number of phenolic OH excluding ortho intramolecular Hbond substituents is 2. The molecule has 1 aromatic heterocycles. The molecule has 0 amide bonds. The van der Waals surface area contributed by atoms with E-state index in [1.165, 1.54) is 6.07 Å². The molecule has 160 valence electrons. The Hall–Kier alpha value is -1.52. The summed E-state index contributed by atoms with van der Waals surface area (Å²) in [6.07, 6.45) is 0.673. The van der Waals surface area contributed by atoms with Crippen LogP contribution in [-0.2, 0) is 0 Å². The smallest absolute Gasteiger partial charge is 0.210 e. The molecule has 2 heterocycles. The number of fused-ring (bicyclic) bond motifs is 1. The molecule has 3 aromatic rings. The Balaban J connectivity index is 0.00000256. The zero-order valence-electron chi connectivity index (χ0n) is 15.9. The molecule has 2 unspecified atom stereocenters. The van der Waals surface area contributed by atoms with Gasteiger partial charge in [-0.3, -0.25) is 4.79 Å². The Morgan fingerprint density at radius 2 is 1.97 bits per heavy atom. The maximum atomic E-state index is 13.1. The van der Waals surface area contributed by atoms with Gasteiger partial charge in [0.2, 0.25) is 5.43 Å². The average molecular weight is 564 g/mol. The molecule has 9 heteroatoms. The highest BCUT2D eigenvalue weighted by Crippen LogP contribution is 2.45. The van der Waals surface area contributed by atoms with Gasteiger partial charge in [-0.1, -0.05) is 23.7 Å². The van der Waals surface area contributed by atoms with E-state index < -0.39 is 5.43 Å². The fourth-order valence-electron chi connectivity index (χ4n) is 4.12. The number of likely N-dealkylation sites (tertiary alicyclic amines) is 1. The average Bonchev–Trinajstić information content (AvgIpc) is 3.05. The predicted octanol–water partition coefficient (Wildman–Crippen LogP) is 4.33. The Morgan fingerprint density at radius 1 is 1.27 bits per heavy atom. The van der Waals surface area contributed by atoms with Crippen LogP contribution in [0.5, 0.6) is 11.5 Å². The van der Waals surface area contributed by atoms with E-state index in [9.17, 15) is 20.1 Å². The molecule has 3 N–H and O–H groups in total. The Morgan fingerprint density at radius 3 is 2.63 bits per heavy atom. The molecule has 6 nitrogen and oxygen atoms in total. The molecule has 1 saturated heterocycles. The third-order valence-corrected chi connectivity index (χ3v) is 6.92. The molecule has 2 aromatic carbocycles.